The third-order valence-electron chi connectivity index (χ3n) is 0. The SMILES string of the molecule is O=[SiH2].[GaH3].[InH3]. The molecule has 0 amide bonds. The number of hydrogen-bond donors (Lipinski definition) is 0. The van der Waals surface area contributed by atoms with E-state index in [0.717, 1.165) is 0 Å². The third kappa shape index (κ3) is 9.67. The average Bonchev–Trinajstić information content (AvgIpc) is 1.00. The van der Waals surface area contributed by atoms with Crippen LogP contribution in [0.25, 0.3) is 0 Å². The van der Waals surface area contributed by atoms with E-state index in [-0.39, 0.29) is 45.6 Å². The summed E-state index contributed by atoms with van der Waals surface area (Å²) < 4.78 is 8.28. The van der Waals surface area contributed by atoms with Crippen LogP contribution >= 0.6 is 0 Å². The summed E-state index contributed by atoms with van der Waals surface area (Å²) in [6.45, 7) is 0. The van der Waals surface area contributed by atoms with Crippen molar-refractivity contribution in [1.29, 1.82) is 0 Å². The van der Waals surface area contributed by atoms with Gasteiger partial charge >= 0.3 is 45.6 Å². The van der Waals surface area contributed by atoms with E-state index in [1.54, 1.807) is 0 Å². The van der Waals surface area contributed by atoms with Gasteiger partial charge < -0.3 is 4.46 Å². The molecule has 1 nitrogen and oxygen atoms in total. The van der Waals surface area contributed by atoms with E-state index in [1.165, 1.54) is 0 Å². The van der Waals surface area contributed by atoms with Crippen LogP contribution < -0.4 is 0 Å². The quantitative estimate of drug-likeness (QED) is 0.401. The molecule has 0 saturated heterocycles. The first kappa shape index (κ1) is 17.7. The Morgan fingerprint density at radius 3 is 1.25 bits per heavy atom. The van der Waals surface area contributed by atoms with Gasteiger partial charge in [0.2, 0.25) is 10.1 Å². The molecular weight excluding hydrogens is 229 g/mol. The maximum absolute atomic E-state index is 8.28. The molecule has 0 fully saturated rings. The molecular formula is H8GaInOSi. The Morgan fingerprint density at radius 1 is 1.25 bits per heavy atom. The van der Waals surface area contributed by atoms with Crippen molar-refractivity contribution in [1.82, 2.24) is 0 Å². The Morgan fingerprint density at radius 2 is 1.25 bits per heavy atom. The van der Waals surface area contributed by atoms with Crippen molar-refractivity contribution in [2.75, 3.05) is 0 Å². The Labute approximate surface area is 59.9 Å². The molecule has 0 aromatic rings. The zero-order valence-corrected chi connectivity index (χ0v) is 2.53. The van der Waals surface area contributed by atoms with Crippen molar-refractivity contribution < 1.29 is 4.46 Å². The van der Waals surface area contributed by atoms with Gasteiger partial charge in [-0.25, -0.2) is 0 Å². The van der Waals surface area contributed by atoms with Crippen LogP contribution in [-0.2, 0) is 4.46 Å². The third-order valence-corrected chi connectivity index (χ3v) is 0. The summed E-state index contributed by atoms with van der Waals surface area (Å²) in [4.78, 5) is 0. The van der Waals surface area contributed by atoms with Crippen molar-refractivity contribution in [2.45, 2.75) is 0 Å². The summed E-state index contributed by atoms with van der Waals surface area (Å²) in [5.41, 5.74) is 0. The molecule has 4 heteroatoms. The Bertz CT molecular complexity index is 8.00. The fourth-order valence-electron chi connectivity index (χ4n) is 0. The summed E-state index contributed by atoms with van der Waals surface area (Å²) in [6.07, 6.45) is 0. The van der Waals surface area contributed by atoms with Crippen molar-refractivity contribution >= 4 is 55.8 Å². The van der Waals surface area contributed by atoms with Gasteiger partial charge in [0.05, 0.1) is 0 Å². The molecule has 0 rings (SSSR count). The summed E-state index contributed by atoms with van der Waals surface area (Å²) in [6, 6.07) is 0. The Kier molecular flexibility index (Phi) is 107. The van der Waals surface area contributed by atoms with Crippen LogP contribution in [-0.4, -0.2) is 55.8 Å². The number of rotatable bonds is 0. The van der Waals surface area contributed by atoms with Crippen LogP contribution in [0.5, 0.6) is 0 Å². The first-order valence-corrected chi connectivity index (χ1v) is 0.866. The zero-order chi connectivity index (χ0) is 2.00. The summed E-state index contributed by atoms with van der Waals surface area (Å²) >= 11 is 0. The van der Waals surface area contributed by atoms with E-state index >= 15 is 0 Å². The topological polar surface area (TPSA) is 17.1 Å². The van der Waals surface area contributed by atoms with Crippen molar-refractivity contribution in [2.24, 2.45) is 0 Å². The molecule has 0 aliphatic heterocycles. The molecule has 0 N–H and O–H groups in total. The van der Waals surface area contributed by atoms with E-state index in [1.807, 2.05) is 0 Å². The molecule has 24 valence electrons. The van der Waals surface area contributed by atoms with E-state index in [9.17, 15) is 0 Å². The molecule has 0 aliphatic rings. The monoisotopic (exact) mass is 236 g/mol. The van der Waals surface area contributed by atoms with Crippen LogP contribution in [0.1, 0.15) is 0 Å². The average molecular weight is 237 g/mol. The Balaban J connectivity index is -0.00000000500. The van der Waals surface area contributed by atoms with E-state index in [4.69, 9.17) is 4.46 Å². The molecule has 0 heterocycles. The summed E-state index contributed by atoms with van der Waals surface area (Å²) in [5, 5.41) is 0. The molecule has 0 atom stereocenters. The van der Waals surface area contributed by atoms with Gasteiger partial charge in [0.1, 0.15) is 0 Å². The molecule has 0 aromatic heterocycles. The van der Waals surface area contributed by atoms with Crippen LogP contribution in [0.3, 0.4) is 0 Å². The van der Waals surface area contributed by atoms with Gasteiger partial charge in [-0.1, -0.05) is 0 Å². The van der Waals surface area contributed by atoms with Gasteiger partial charge in [-0.05, 0) is 0 Å². The standard InChI is InChI=1S/Ga.In.H2OSi.6H/c;;1-2;;;;;;/h;;2H2;;;;;;. The normalized spacial score (nSPS) is 1.00. The molecule has 0 aliphatic carbocycles. The predicted octanol–water partition coefficient (Wildman–Crippen LogP) is -3.40. The van der Waals surface area contributed by atoms with E-state index < -0.39 is 0 Å². The molecule has 0 spiro atoms. The van der Waals surface area contributed by atoms with Crippen molar-refractivity contribution in [3.63, 3.8) is 0 Å². The molecule has 0 saturated carbocycles. The minimum absolute atomic E-state index is 0. The fourth-order valence-corrected chi connectivity index (χ4v) is 0. The first-order chi connectivity index (χ1) is 1.00. The Hall–Kier alpha value is 1.52. The van der Waals surface area contributed by atoms with Gasteiger partial charge in [-0.15, -0.1) is 0 Å². The van der Waals surface area contributed by atoms with Crippen LogP contribution in [0, 0.1) is 0 Å². The second kappa shape index (κ2) is 24.2. The second-order valence-electron chi connectivity index (χ2n) is 0. The van der Waals surface area contributed by atoms with Gasteiger partial charge in [-0.3, -0.25) is 0 Å². The van der Waals surface area contributed by atoms with Gasteiger partial charge in [0, 0.05) is 0 Å². The van der Waals surface area contributed by atoms with E-state index in [2.05, 4.69) is 0 Å². The first-order valence-electron chi connectivity index (χ1n) is 0.289. The summed E-state index contributed by atoms with van der Waals surface area (Å²) in [5.74, 6) is 0. The molecule has 0 unspecified atom stereocenters. The van der Waals surface area contributed by atoms with E-state index in [0.29, 0.717) is 10.1 Å². The van der Waals surface area contributed by atoms with Crippen LogP contribution in [0.4, 0.5) is 0 Å². The van der Waals surface area contributed by atoms with Gasteiger partial charge in [0.25, 0.3) is 0 Å². The maximum atomic E-state index is 8.28. The molecule has 0 bridgehead atoms. The molecule has 0 aromatic carbocycles. The summed E-state index contributed by atoms with van der Waals surface area (Å²) in [7, 11) is 0.611. The van der Waals surface area contributed by atoms with Crippen molar-refractivity contribution in [3.8, 4) is 0 Å². The van der Waals surface area contributed by atoms with Crippen LogP contribution in [0.15, 0.2) is 0 Å². The van der Waals surface area contributed by atoms with Gasteiger partial charge in [-0.2, -0.15) is 0 Å². The number of hydrogen-bond acceptors (Lipinski definition) is 1. The van der Waals surface area contributed by atoms with Gasteiger partial charge in [0.15, 0.2) is 0 Å². The fraction of sp³-hybridized carbons (Fsp3) is 0. The molecule has 0 radical (unpaired) electrons. The second-order valence-corrected chi connectivity index (χ2v) is 0. The van der Waals surface area contributed by atoms with Crippen molar-refractivity contribution in [3.05, 3.63) is 0 Å². The zero-order valence-electron chi connectivity index (χ0n) is 1.12. The van der Waals surface area contributed by atoms with Crippen LogP contribution in [0.2, 0.25) is 0 Å². The predicted molar refractivity (Wildman–Crippen MR) is 29.1 cm³/mol. The minimum atomic E-state index is 0. The molecule has 4 heavy (non-hydrogen) atoms.